The van der Waals surface area contributed by atoms with E-state index in [1.54, 1.807) is 6.20 Å². The average molecular weight is 331 g/mol. The van der Waals surface area contributed by atoms with E-state index in [-0.39, 0.29) is 12.0 Å². The van der Waals surface area contributed by atoms with Gasteiger partial charge in [0.2, 0.25) is 11.8 Å². The fourth-order valence-corrected chi connectivity index (χ4v) is 2.59. The van der Waals surface area contributed by atoms with Crippen LogP contribution in [-0.4, -0.2) is 53.9 Å². The summed E-state index contributed by atoms with van der Waals surface area (Å²) in [5, 5.41) is 0. The highest BCUT2D eigenvalue weighted by Crippen LogP contribution is 2.23. The SMILES string of the molecule is COc1nc(OC)nc(N2CCC(COc3ccccn3)CC2)n1. The maximum absolute atomic E-state index is 5.75. The highest BCUT2D eigenvalue weighted by atomic mass is 16.5. The molecule has 0 radical (unpaired) electrons. The van der Waals surface area contributed by atoms with E-state index >= 15 is 0 Å². The minimum absolute atomic E-state index is 0.262. The topological polar surface area (TPSA) is 82.5 Å². The quantitative estimate of drug-likeness (QED) is 0.789. The van der Waals surface area contributed by atoms with Crippen molar-refractivity contribution in [2.24, 2.45) is 5.92 Å². The summed E-state index contributed by atoms with van der Waals surface area (Å²) in [4.78, 5) is 18.9. The second-order valence-corrected chi connectivity index (χ2v) is 5.52. The zero-order valence-corrected chi connectivity index (χ0v) is 13.9. The van der Waals surface area contributed by atoms with Gasteiger partial charge in [0.05, 0.1) is 20.8 Å². The lowest BCUT2D eigenvalue weighted by Crippen LogP contribution is -2.36. The first-order valence-corrected chi connectivity index (χ1v) is 7.91. The third-order valence-electron chi connectivity index (χ3n) is 3.95. The summed E-state index contributed by atoms with van der Waals surface area (Å²) in [7, 11) is 3.06. The predicted octanol–water partition coefficient (Wildman–Crippen LogP) is 1.58. The summed E-state index contributed by atoms with van der Waals surface area (Å²) in [6.07, 6.45) is 3.74. The summed E-state index contributed by atoms with van der Waals surface area (Å²) in [5.41, 5.74) is 0. The molecule has 0 spiro atoms. The first-order chi connectivity index (χ1) is 11.8. The normalized spacial score (nSPS) is 15.2. The molecule has 8 nitrogen and oxygen atoms in total. The van der Waals surface area contributed by atoms with E-state index in [4.69, 9.17) is 14.2 Å². The zero-order chi connectivity index (χ0) is 16.8. The van der Waals surface area contributed by atoms with Gasteiger partial charge in [-0.25, -0.2) is 4.98 Å². The van der Waals surface area contributed by atoms with Gasteiger partial charge in [0.1, 0.15) is 0 Å². The minimum Gasteiger partial charge on any atom is -0.477 e. The molecule has 128 valence electrons. The van der Waals surface area contributed by atoms with Crippen LogP contribution in [0.5, 0.6) is 17.9 Å². The fraction of sp³-hybridized carbons (Fsp3) is 0.500. The Labute approximate surface area is 140 Å². The lowest BCUT2D eigenvalue weighted by molar-refractivity contribution is 0.215. The van der Waals surface area contributed by atoms with E-state index in [0.29, 0.717) is 24.4 Å². The Morgan fingerprint density at radius 2 is 1.75 bits per heavy atom. The lowest BCUT2D eigenvalue weighted by Gasteiger charge is -2.31. The number of aromatic nitrogens is 4. The third kappa shape index (κ3) is 4.01. The highest BCUT2D eigenvalue weighted by molar-refractivity contribution is 5.32. The molecular weight excluding hydrogens is 310 g/mol. The lowest BCUT2D eigenvalue weighted by atomic mass is 9.98. The molecule has 0 bridgehead atoms. The molecule has 1 aliphatic heterocycles. The maximum Gasteiger partial charge on any atom is 0.324 e. The van der Waals surface area contributed by atoms with Gasteiger partial charge in [-0.3, -0.25) is 0 Å². The van der Waals surface area contributed by atoms with E-state index in [9.17, 15) is 0 Å². The molecule has 24 heavy (non-hydrogen) atoms. The Hall–Kier alpha value is -2.64. The molecule has 0 amide bonds. The predicted molar refractivity (Wildman–Crippen MR) is 87.6 cm³/mol. The monoisotopic (exact) mass is 331 g/mol. The van der Waals surface area contributed by atoms with E-state index in [0.717, 1.165) is 25.9 Å². The summed E-state index contributed by atoms with van der Waals surface area (Å²) >= 11 is 0. The fourth-order valence-electron chi connectivity index (χ4n) is 2.59. The number of pyridine rings is 1. The average Bonchev–Trinajstić information content (AvgIpc) is 2.67. The Morgan fingerprint density at radius 3 is 2.33 bits per heavy atom. The van der Waals surface area contributed by atoms with Crippen LogP contribution in [0, 0.1) is 5.92 Å². The second-order valence-electron chi connectivity index (χ2n) is 5.52. The largest absolute Gasteiger partial charge is 0.477 e. The van der Waals surface area contributed by atoms with Crippen molar-refractivity contribution in [2.45, 2.75) is 12.8 Å². The van der Waals surface area contributed by atoms with Crippen molar-refractivity contribution < 1.29 is 14.2 Å². The number of nitrogens with zero attached hydrogens (tertiary/aromatic N) is 5. The van der Waals surface area contributed by atoms with Crippen molar-refractivity contribution in [3.63, 3.8) is 0 Å². The Morgan fingerprint density at radius 1 is 1.04 bits per heavy atom. The molecule has 1 saturated heterocycles. The standard InChI is InChI=1S/C16H21N5O3/c1-22-15-18-14(19-16(20-15)23-2)21-9-6-12(7-10-21)11-24-13-5-3-4-8-17-13/h3-5,8,12H,6-7,9-11H2,1-2H3. The van der Waals surface area contributed by atoms with Crippen molar-refractivity contribution in [1.29, 1.82) is 0 Å². The summed E-state index contributed by atoms with van der Waals surface area (Å²) in [6.45, 7) is 2.38. The molecule has 0 aromatic carbocycles. The number of piperidine rings is 1. The molecular formula is C16H21N5O3. The number of ether oxygens (including phenoxy) is 3. The zero-order valence-electron chi connectivity index (χ0n) is 13.9. The van der Waals surface area contributed by atoms with Crippen LogP contribution in [0.3, 0.4) is 0 Å². The van der Waals surface area contributed by atoms with E-state index < -0.39 is 0 Å². The van der Waals surface area contributed by atoms with Crippen LogP contribution in [0.25, 0.3) is 0 Å². The van der Waals surface area contributed by atoms with Crippen LogP contribution >= 0.6 is 0 Å². The summed E-state index contributed by atoms with van der Waals surface area (Å²) in [6, 6.07) is 6.20. The van der Waals surface area contributed by atoms with Gasteiger partial charge in [-0.2, -0.15) is 9.97 Å². The van der Waals surface area contributed by atoms with Crippen molar-refractivity contribution >= 4 is 5.95 Å². The molecule has 2 aromatic heterocycles. The smallest absolute Gasteiger partial charge is 0.324 e. The van der Waals surface area contributed by atoms with Crippen LogP contribution < -0.4 is 19.1 Å². The number of methoxy groups -OCH3 is 2. The minimum atomic E-state index is 0.262. The van der Waals surface area contributed by atoms with Gasteiger partial charge in [-0.05, 0) is 24.8 Å². The first kappa shape index (κ1) is 16.2. The van der Waals surface area contributed by atoms with Crippen LogP contribution in [-0.2, 0) is 0 Å². The van der Waals surface area contributed by atoms with Crippen LogP contribution in [0.15, 0.2) is 24.4 Å². The molecule has 0 N–H and O–H groups in total. The summed E-state index contributed by atoms with van der Waals surface area (Å²) in [5.74, 6) is 1.75. The Kier molecular flexibility index (Phi) is 5.25. The van der Waals surface area contributed by atoms with Crippen molar-refractivity contribution in [1.82, 2.24) is 19.9 Å². The van der Waals surface area contributed by atoms with E-state index in [2.05, 4.69) is 24.8 Å². The molecule has 3 rings (SSSR count). The van der Waals surface area contributed by atoms with Gasteiger partial charge in [-0.15, -0.1) is 4.98 Å². The molecule has 0 unspecified atom stereocenters. The van der Waals surface area contributed by atoms with Crippen LogP contribution in [0.2, 0.25) is 0 Å². The van der Waals surface area contributed by atoms with Gasteiger partial charge < -0.3 is 19.1 Å². The van der Waals surface area contributed by atoms with Crippen LogP contribution in [0.1, 0.15) is 12.8 Å². The molecule has 0 saturated carbocycles. The molecule has 0 atom stereocenters. The molecule has 1 fully saturated rings. The molecule has 3 heterocycles. The Bertz CT molecular complexity index is 625. The molecule has 8 heteroatoms. The van der Waals surface area contributed by atoms with Crippen LogP contribution in [0.4, 0.5) is 5.95 Å². The first-order valence-electron chi connectivity index (χ1n) is 7.91. The highest BCUT2D eigenvalue weighted by Gasteiger charge is 2.23. The summed E-state index contributed by atoms with van der Waals surface area (Å²) < 4.78 is 16.0. The maximum atomic E-state index is 5.75. The van der Waals surface area contributed by atoms with Crippen molar-refractivity contribution in [3.05, 3.63) is 24.4 Å². The van der Waals surface area contributed by atoms with Gasteiger partial charge in [-0.1, -0.05) is 6.07 Å². The second kappa shape index (κ2) is 7.76. The van der Waals surface area contributed by atoms with Gasteiger partial charge in [0.25, 0.3) is 0 Å². The molecule has 0 aliphatic carbocycles. The number of hydrogen-bond donors (Lipinski definition) is 0. The number of rotatable bonds is 6. The Balaban J connectivity index is 1.55. The number of hydrogen-bond acceptors (Lipinski definition) is 8. The van der Waals surface area contributed by atoms with Gasteiger partial charge >= 0.3 is 12.0 Å². The van der Waals surface area contributed by atoms with Crippen molar-refractivity contribution in [2.75, 3.05) is 38.8 Å². The molecule has 2 aromatic rings. The van der Waals surface area contributed by atoms with Gasteiger partial charge in [0.15, 0.2) is 0 Å². The molecule has 1 aliphatic rings. The van der Waals surface area contributed by atoms with E-state index in [1.807, 2.05) is 18.2 Å². The number of anilines is 1. The van der Waals surface area contributed by atoms with Gasteiger partial charge in [0, 0.05) is 25.4 Å². The van der Waals surface area contributed by atoms with Crippen molar-refractivity contribution in [3.8, 4) is 17.9 Å². The van der Waals surface area contributed by atoms with E-state index in [1.165, 1.54) is 14.2 Å². The third-order valence-corrected chi connectivity index (χ3v) is 3.95.